The summed E-state index contributed by atoms with van der Waals surface area (Å²) in [4.78, 5) is 35.3. The van der Waals surface area contributed by atoms with E-state index in [1.54, 1.807) is 0 Å². The Morgan fingerprint density at radius 2 is 1.78 bits per heavy atom. The molecule has 3 heterocycles. The van der Waals surface area contributed by atoms with Gasteiger partial charge in [-0.2, -0.15) is 0 Å². The van der Waals surface area contributed by atoms with E-state index in [4.69, 9.17) is 12.2 Å². The molecular weight excluding hydrogens is 549 g/mol. The molecule has 2 amide bonds. The van der Waals surface area contributed by atoms with E-state index in [1.165, 1.54) is 27.9 Å². The van der Waals surface area contributed by atoms with Crippen LogP contribution in [0.15, 0.2) is 70.2 Å². The number of carbonyl (C=O) groups excluding carboxylic acids is 2. The third-order valence-corrected chi connectivity index (χ3v) is 9.84. The first kappa shape index (κ1) is 29.3. The van der Waals surface area contributed by atoms with Gasteiger partial charge >= 0.3 is 0 Å². The van der Waals surface area contributed by atoms with E-state index in [-0.39, 0.29) is 29.2 Å². The molecule has 3 aliphatic rings. The maximum absolute atomic E-state index is 13.4. The van der Waals surface area contributed by atoms with Crippen molar-refractivity contribution < 1.29 is 9.59 Å². The maximum Gasteiger partial charge on any atom is 0.266 e. The van der Waals surface area contributed by atoms with Crippen LogP contribution in [-0.2, 0) is 20.4 Å². The molecule has 1 fully saturated rings. The van der Waals surface area contributed by atoms with Gasteiger partial charge in [-0.1, -0.05) is 83.7 Å². The molecule has 5 rings (SSSR count). The Labute approximate surface area is 253 Å². The Morgan fingerprint density at radius 3 is 2.51 bits per heavy atom. The summed E-state index contributed by atoms with van der Waals surface area (Å²) in [6.45, 7) is 16.0. The first-order chi connectivity index (χ1) is 19.3. The second-order valence-corrected chi connectivity index (χ2v) is 14.1. The van der Waals surface area contributed by atoms with E-state index in [0.29, 0.717) is 20.8 Å². The van der Waals surface area contributed by atoms with Crippen LogP contribution in [0.5, 0.6) is 0 Å². The number of carbonyl (C=O) groups is 2. The monoisotopic (exact) mass is 586 g/mol. The van der Waals surface area contributed by atoms with E-state index in [9.17, 15) is 9.59 Å². The summed E-state index contributed by atoms with van der Waals surface area (Å²) >= 11 is 6.77. The number of anilines is 2. The van der Waals surface area contributed by atoms with Gasteiger partial charge in [-0.15, -0.1) is 0 Å². The van der Waals surface area contributed by atoms with Crippen molar-refractivity contribution in [1.82, 2.24) is 4.90 Å². The van der Waals surface area contributed by atoms with Gasteiger partial charge in [0.1, 0.15) is 10.9 Å². The zero-order chi connectivity index (χ0) is 29.7. The maximum atomic E-state index is 13.4. The lowest BCUT2D eigenvalue weighted by atomic mass is 9.82. The SMILES string of the molecule is CC1=Nc2ccc(NC(=O)CN3C(=O)/C(=C\C=C4/N(CCC(C)C)c5ccccc5C4(C)C)SC3=S)cc2C1(C)C. The van der Waals surface area contributed by atoms with Gasteiger partial charge in [0.25, 0.3) is 5.91 Å². The molecule has 0 aromatic heterocycles. The fourth-order valence-electron chi connectivity index (χ4n) is 5.65. The third-order valence-electron chi connectivity index (χ3n) is 8.44. The van der Waals surface area contributed by atoms with E-state index in [1.807, 2.05) is 31.2 Å². The van der Waals surface area contributed by atoms with Crippen LogP contribution in [-0.4, -0.2) is 39.8 Å². The smallest absolute Gasteiger partial charge is 0.266 e. The molecule has 0 aliphatic carbocycles. The molecule has 8 heteroatoms. The number of hydrogen-bond acceptors (Lipinski definition) is 6. The number of thiocarbonyl (C=S) groups is 1. The molecule has 0 radical (unpaired) electrons. The molecule has 0 bridgehead atoms. The minimum absolute atomic E-state index is 0.133. The lowest BCUT2D eigenvalue weighted by molar-refractivity contribution is -0.126. The van der Waals surface area contributed by atoms with Crippen LogP contribution in [0.25, 0.3) is 0 Å². The number of nitrogens with zero attached hydrogens (tertiary/aromatic N) is 3. The number of benzene rings is 2. The number of para-hydroxylation sites is 1. The fraction of sp³-hybridized carbons (Fsp3) is 0.394. The number of nitrogens with one attached hydrogen (secondary N) is 1. The third kappa shape index (κ3) is 5.40. The van der Waals surface area contributed by atoms with Gasteiger partial charge in [0.05, 0.1) is 10.6 Å². The zero-order valence-electron chi connectivity index (χ0n) is 24.9. The average molecular weight is 587 g/mol. The van der Waals surface area contributed by atoms with Crippen molar-refractivity contribution in [2.75, 3.05) is 23.3 Å². The molecule has 0 atom stereocenters. The van der Waals surface area contributed by atoms with Crippen molar-refractivity contribution in [3.63, 3.8) is 0 Å². The second kappa shape index (κ2) is 10.9. The molecule has 2 aromatic carbocycles. The van der Waals surface area contributed by atoms with E-state index >= 15 is 0 Å². The lowest BCUT2D eigenvalue weighted by Crippen LogP contribution is -2.36. The predicted molar refractivity (Wildman–Crippen MR) is 175 cm³/mol. The van der Waals surface area contributed by atoms with Crippen molar-refractivity contribution in [3.8, 4) is 0 Å². The molecule has 0 saturated carbocycles. The van der Waals surface area contributed by atoms with E-state index in [0.717, 1.165) is 35.6 Å². The number of hydrogen-bond donors (Lipinski definition) is 1. The van der Waals surface area contributed by atoms with Crippen molar-refractivity contribution in [3.05, 3.63) is 76.3 Å². The molecule has 2 aromatic rings. The van der Waals surface area contributed by atoms with Gasteiger partial charge in [0, 0.05) is 40.2 Å². The van der Waals surface area contributed by atoms with Crippen molar-refractivity contribution in [2.45, 2.75) is 65.7 Å². The highest BCUT2D eigenvalue weighted by molar-refractivity contribution is 8.26. The van der Waals surface area contributed by atoms with Crippen LogP contribution in [0.3, 0.4) is 0 Å². The number of fused-ring (bicyclic) bond motifs is 2. The number of thioether (sulfide) groups is 1. The standard InChI is InChI=1S/C33H38N4O2S2/c1-20(2)16-17-36-26-11-9-8-10-23(26)33(6,7)28(36)15-14-27-30(39)37(31(40)41-27)19-29(38)35-22-12-13-25-24(18-22)32(4,5)21(3)34-25/h8-15,18,20H,16-17,19H2,1-7H3,(H,35,38)/b27-14+,28-15-. The van der Waals surface area contributed by atoms with Crippen LogP contribution >= 0.6 is 24.0 Å². The summed E-state index contributed by atoms with van der Waals surface area (Å²) in [7, 11) is 0. The summed E-state index contributed by atoms with van der Waals surface area (Å²) in [5.74, 6) is 0.0463. The van der Waals surface area contributed by atoms with Gasteiger partial charge < -0.3 is 10.2 Å². The van der Waals surface area contributed by atoms with Gasteiger partial charge in [-0.25, -0.2) is 0 Å². The molecule has 41 heavy (non-hydrogen) atoms. The average Bonchev–Trinajstić information content (AvgIpc) is 3.40. The Balaban J connectivity index is 1.32. The van der Waals surface area contributed by atoms with Crippen LogP contribution in [0.4, 0.5) is 17.1 Å². The molecule has 0 unspecified atom stereocenters. The minimum atomic E-state index is -0.290. The molecule has 6 nitrogen and oxygen atoms in total. The summed E-state index contributed by atoms with van der Waals surface area (Å²) in [6.07, 6.45) is 4.99. The van der Waals surface area contributed by atoms with Crippen molar-refractivity contribution in [1.29, 1.82) is 0 Å². The molecule has 214 valence electrons. The summed E-state index contributed by atoms with van der Waals surface area (Å²) in [5, 5.41) is 2.94. The molecule has 0 spiro atoms. The summed E-state index contributed by atoms with van der Waals surface area (Å²) < 4.78 is 0.388. The molecule has 3 aliphatic heterocycles. The van der Waals surface area contributed by atoms with Gasteiger partial charge in [0.2, 0.25) is 5.91 Å². The number of aliphatic imine (C=N–C) groups is 1. The highest BCUT2D eigenvalue weighted by Crippen LogP contribution is 2.48. The van der Waals surface area contributed by atoms with Crippen LogP contribution < -0.4 is 10.2 Å². The number of rotatable bonds is 7. The Bertz CT molecular complexity index is 1530. The Hall–Kier alpha value is -3.23. The number of allylic oxidation sites excluding steroid dienone is 3. The van der Waals surface area contributed by atoms with Gasteiger partial charge in [-0.3, -0.25) is 19.5 Å². The highest BCUT2D eigenvalue weighted by Gasteiger charge is 2.40. The Kier molecular flexibility index (Phi) is 7.76. The zero-order valence-corrected chi connectivity index (χ0v) is 26.5. The molecule has 1 N–H and O–H groups in total. The lowest BCUT2D eigenvalue weighted by Gasteiger charge is -2.27. The quantitative estimate of drug-likeness (QED) is 0.269. The first-order valence-electron chi connectivity index (χ1n) is 14.1. The van der Waals surface area contributed by atoms with Gasteiger partial charge in [-0.05, 0) is 66.8 Å². The molecule has 1 saturated heterocycles. The largest absolute Gasteiger partial charge is 0.344 e. The summed E-state index contributed by atoms with van der Waals surface area (Å²) in [6, 6.07) is 14.3. The topological polar surface area (TPSA) is 65.0 Å². The van der Waals surface area contributed by atoms with E-state index in [2.05, 4.69) is 87.1 Å². The number of amides is 2. The van der Waals surface area contributed by atoms with E-state index < -0.39 is 0 Å². The minimum Gasteiger partial charge on any atom is -0.344 e. The Morgan fingerprint density at radius 1 is 1.05 bits per heavy atom. The highest BCUT2D eigenvalue weighted by atomic mass is 32.2. The first-order valence-corrected chi connectivity index (χ1v) is 15.4. The van der Waals surface area contributed by atoms with Crippen molar-refractivity contribution in [2.24, 2.45) is 10.9 Å². The molecular formula is C33H38N4O2S2. The van der Waals surface area contributed by atoms with Crippen molar-refractivity contribution >= 4 is 62.9 Å². The van der Waals surface area contributed by atoms with Crippen LogP contribution in [0.2, 0.25) is 0 Å². The van der Waals surface area contributed by atoms with Crippen LogP contribution in [0.1, 0.15) is 66.0 Å². The van der Waals surface area contributed by atoms with Gasteiger partial charge in [0.15, 0.2) is 0 Å². The summed E-state index contributed by atoms with van der Waals surface area (Å²) in [5.41, 5.74) is 7.00. The fourth-order valence-corrected chi connectivity index (χ4v) is 6.84. The van der Waals surface area contributed by atoms with Crippen LogP contribution in [0, 0.1) is 5.92 Å². The second-order valence-electron chi connectivity index (χ2n) is 12.4. The predicted octanol–water partition coefficient (Wildman–Crippen LogP) is 7.48. The normalized spacial score (nSPS) is 20.7.